The lowest BCUT2D eigenvalue weighted by Crippen LogP contribution is -2.27. The maximum Gasteiger partial charge on any atom is 0.221 e. The number of ether oxygens (including phenoxy) is 1. The number of benzene rings is 2. The fourth-order valence-electron chi connectivity index (χ4n) is 2.26. The first-order valence-corrected chi connectivity index (χ1v) is 8.57. The smallest absolute Gasteiger partial charge is 0.221 e. The van der Waals surface area contributed by atoms with E-state index in [1.54, 1.807) is 0 Å². The summed E-state index contributed by atoms with van der Waals surface area (Å²) in [7, 11) is 0. The van der Waals surface area contributed by atoms with Crippen molar-refractivity contribution in [1.82, 2.24) is 5.32 Å². The van der Waals surface area contributed by atoms with Gasteiger partial charge in [-0.25, -0.2) is 0 Å². The molecule has 1 fully saturated rings. The molecule has 0 atom stereocenters. The molecule has 2 N–H and O–H groups in total. The van der Waals surface area contributed by atoms with Crippen LogP contribution in [0.2, 0.25) is 5.02 Å². The molecule has 0 aromatic heterocycles. The summed E-state index contributed by atoms with van der Waals surface area (Å²) in [4.78, 5) is 11.6. The second kappa shape index (κ2) is 8.06. The summed E-state index contributed by atoms with van der Waals surface area (Å²) in [6, 6.07) is 15.8. The zero-order valence-corrected chi connectivity index (χ0v) is 14.2. The molecule has 2 aromatic rings. The highest BCUT2D eigenvalue weighted by atomic mass is 35.5. The first kappa shape index (κ1) is 16.7. The third-order valence-electron chi connectivity index (χ3n) is 3.80. The standard InChI is InChI=1S/C19H21ClN2O2/c20-15-3-1-14(2-4-15)13-24-18-9-7-16(8-10-18)21-12-11-19(23)22-17-5-6-17/h1-4,7-10,17,21H,5-6,11-13H2,(H,22,23). The van der Waals surface area contributed by atoms with Crippen LogP contribution in [0.1, 0.15) is 24.8 Å². The molecule has 126 valence electrons. The zero-order valence-electron chi connectivity index (χ0n) is 13.4. The van der Waals surface area contributed by atoms with Crippen molar-refractivity contribution in [3.63, 3.8) is 0 Å². The quantitative estimate of drug-likeness (QED) is 0.761. The van der Waals surface area contributed by atoms with E-state index in [0.29, 0.717) is 25.6 Å². The highest BCUT2D eigenvalue weighted by molar-refractivity contribution is 6.30. The lowest BCUT2D eigenvalue weighted by Gasteiger charge is -2.09. The number of halogens is 1. The van der Waals surface area contributed by atoms with Crippen molar-refractivity contribution in [3.05, 3.63) is 59.1 Å². The van der Waals surface area contributed by atoms with Crippen LogP contribution in [0, 0.1) is 0 Å². The third-order valence-corrected chi connectivity index (χ3v) is 4.05. The van der Waals surface area contributed by atoms with Crippen LogP contribution in [0.3, 0.4) is 0 Å². The van der Waals surface area contributed by atoms with Crippen LogP contribution in [0.25, 0.3) is 0 Å². The highest BCUT2D eigenvalue weighted by Crippen LogP contribution is 2.19. The number of hydrogen-bond donors (Lipinski definition) is 2. The van der Waals surface area contributed by atoms with E-state index in [9.17, 15) is 4.79 Å². The molecule has 0 aliphatic heterocycles. The van der Waals surface area contributed by atoms with Gasteiger partial charge in [-0.3, -0.25) is 4.79 Å². The predicted octanol–water partition coefficient (Wildman–Crippen LogP) is 4.00. The molecule has 1 aliphatic rings. The molecule has 4 nitrogen and oxygen atoms in total. The molecule has 1 aliphatic carbocycles. The fourth-order valence-corrected chi connectivity index (χ4v) is 2.39. The number of amides is 1. The van der Waals surface area contributed by atoms with Crippen LogP contribution in [0.4, 0.5) is 5.69 Å². The van der Waals surface area contributed by atoms with Gasteiger partial charge in [0.1, 0.15) is 12.4 Å². The van der Waals surface area contributed by atoms with Gasteiger partial charge >= 0.3 is 0 Å². The van der Waals surface area contributed by atoms with E-state index in [2.05, 4.69) is 10.6 Å². The van der Waals surface area contributed by atoms with Gasteiger partial charge in [0.05, 0.1) is 0 Å². The predicted molar refractivity (Wildman–Crippen MR) is 96.5 cm³/mol. The summed E-state index contributed by atoms with van der Waals surface area (Å²) >= 11 is 5.86. The second-order valence-electron chi connectivity index (χ2n) is 5.96. The molecule has 0 saturated heterocycles. The lowest BCUT2D eigenvalue weighted by atomic mass is 10.2. The summed E-state index contributed by atoms with van der Waals surface area (Å²) in [5, 5.41) is 6.95. The zero-order chi connectivity index (χ0) is 16.8. The van der Waals surface area contributed by atoms with Gasteiger partial charge in [-0.1, -0.05) is 23.7 Å². The Morgan fingerprint density at radius 2 is 1.79 bits per heavy atom. The maximum atomic E-state index is 11.6. The van der Waals surface area contributed by atoms with Crippen molar-refractivity contribution >= 4 is 23.2 Å². The molecular formula is C19H21ClN2O2. The number of rotatable bonds is 8. The van der Waals surface area contributed by atoms with E-state index in [4.69, 9.17) is 16.3 Å². The molecule has 0 bridgehead atoms. The van der Waals surface area contributed by atoms with Gasteiger partial charge in [0, 0.05) is 29.7 Å². The van der Waals surface area contributed by atoms with Gasteiger partial charge in [-0.15, -0.1) is 0 Å². The second-order valence-corrected chi connectivity index (χ2v) is 6.39. The summed E-state index contributed by atoms with van der Waals surface area (Å²) in [6.45, 7) is 1.13. The van der Waals surface area contributed by atoms with E-state index in [-0.39, 0.29) is 5.91 Å². The number of anilines is 1. The first-order chi connectivity index (χ1) is 11.7. The summed E-state index contributed by atoms with van der Waals surface area (Å²) in [5.41, 5.74) is 2.05. The van der Waals surface area contributed by atoms with Gasteiger partial charge in [-0.2, -0.15) is 0 Å². The largest absolute Gasteiger partial charge is 0.489 e. The van der Waals surface area contributed by atoms with Crippen molar-refractivity contribution in [2.45, 2.75) is 31.9 Å². The number of carbonyl (C=O) groups excluding carboxylic acids is 1. The fraction of sp³-hybridized carbons (Fsp3) is 0.316. The van der Waals surface area contributed by atoms with Crippen LogP contribution in [0.5, 0.6) is 5.75 Å². The summed E-state index contributed by atoms with van der Waals surface area (Å²) in [6.07, 6.45) is 2.73. The minimum atomic E-state index is 0.118. The average molecular weight is 345 g/mol. The summed E-state index contributed by atoms with van der Waals surface area (Å²) in [5.74, 6) is 0.926. The van der Waals surface area contributed by atoms with E-state index < -0.39 is 0 Å². The van der Waals surface area contributed by atoms with Gasteiger partial charge < -0.3 is 15.4 Å². The molecule has 24 heavy (non-hydrogen) atoms. The van der Waals surface area contributed by atoms with E-state index in [1.165, 1.54) is 0 Å². The van der Waals surface area contributed by atoms with Crippen molar-refractivity contribution in [3.8, 4) is 5.75 Å². The van der Waals surface area contributed by atoms with Gasteiger partial charge in [0.25, 0.3) is 0 Å². The van der Waals surface area contributed by atoms with Gasteiger partial charge in [-0.05, 0) is 54.8 Å². The topological polar surface area (TPSA) is 50.4 Å². The normalized spacial score (nSPS) is 13.4. The Hall–Kier alpha value is -2.20. The number of nitrogens with one attached hydrogen (secondary N) is 2. The van der Waals surface area contributed by atoms with Crippen molar-refractivity contribution in [1.29, 1.82) is 0 Å². The Kier molecular flexibility index (Phi) is 5.59. The Morgan fingerprint density at radius 3 is 2.46 bits per heavy atom. The molecule has 2 aromatic carbocycles. The molecule has 3 rings (SSSR count). The molecule has 0 heterocycles. The molecule has 0 radical (unpaired) electrons. The molecule has 1 amide bonds. The van der Waals surface area contributed by atoms with Gasteiger partial charge in [0.2, 0.25) is 5.91 Å². The van der Waals surface area contributed by atoms with Crippen molar-refractivity contribution in [2.75, 3.05) is 11.9 Å². The van der Waals surface area contributed by atoms with E-state index >= 15 is 0 Å². The Morgan fingerprint density at radius 1 is 1.08 bits per heavy atom. The SMILES string of the molecule is O=C(CCNc1ccc(OCc2ccc(Cl)cc2)cc1)NC1CC1. The maximum absolute atomic E-state index is 11.6. The molecule has 0 unspecified atom stereocenters. The molecule has 0 spiro atoms. The Labute approximate surface area is 147 Å². The monoisotopic (exact) mass is 344 g/mol. The van der Waals surface area contributed by atoms with Crippen LogP contribution >= 0.6 is 11.6 Å². The minimum Gasteiger partial charge on any atom is -0.489 e. The van der Waals surface area contributed by atoms with Crippen LogP contribution in [0.15, 0.2) is 48.5 Å². The van der Waals surface area contributed by atoms with Crippen LogP contribution < -0.4 is 15.4 Å². The van der Waals surface area contributed by atoms with Crippen LogP contribution in [-0.4, -0.2) is 18.5 Å². The van der Waals surface area contributed by atoms with Crippen LogP contribution in [-0.2, 0) is 11.4 Å². The number of hydrogen-bond acceptors (Lipinski definition) is 3. The Balaban J connectivity index is 1.39. The van der Waals surface area contributed by atoms with Gasteiger partial charge in [0.15, 0.2) is 0 Å². The number of carbonyl (C=O) groups is 1. The van der Waals surface area contributed by atoms with Crippen molar-refractivity contribution < 1.29 is 9.53 Å². The molecule has 5 heteroatoms. The highest BCUT2D eigenvalue weighted by Gasteiger charge is 2.22. The average Bonchev–Trinajstić information content (AvgIpc) is 3.39. The molecule has 1 saturated carbocycles. The van der Waals surface area contributed by atoms with Crippen molar-refractivity contribution in [2.24, 2.45) is 0 Å². The minimum absolute atomic E-state index is 0.118. The third kappa shape index (κ3) is 5.46. The summed E-state index contributed by atoms with van der Waals surface area (Å²) < 4.78 is 5.75. The van der Waals surface area contributed by atoms with E-state index in [1.807, 2.05) is 48.5 Å². The lowest BCUT2D eigenvalue weighted by molar-refractivity contribution is -0.120. The Bertz CT molecular complexity index is 667. The van der Waals surface area contributed by atoms with E-state index in [0.717, 1.165) is 34.9 Å². The molecular weight excluding hydrogens is 324 g/mol. The first-order valence-electron chi connectivity index (χ1n) is 8.19.